The maximum absolute atomic E-state index is 5.77. The minimum atomic E-state index is 0.0995. The summed E-state index contributed by atoms with van der Waals surface area (Å²) < 4.78 is 11.5. The molecule has 1 N–H and O–H groups in total. The lowest BCUT2D eigenvalue weighted by Crippen LogP contribution is -2.21. The van der Waals surface area contributed by atoms with Crippen LogP contribution in [0.2, 0.25) is 0 Å². The Kier molecular flexibility index (Phi) is 3.95. The molecule has 3 rings (SSSR count). The van der Waals surface area contributed by atoms with Crippen LogP contribution in [0.5, 0.6) is 11.6 Å². The molecule has 2 aromatic rings. The van der Waals surface area contributed by atoms with Gasteiger partial charge in [-0.25, -0.2) is 4.98 Å². The van der Waals surface area contributed by atoms with Gasteiger partial charge in [0.1, 0.15) is 5.75 Å². The molecule has 2 heterocycles. The van der Waals surface area contributed by atoms with Gasteiger partial charge in [-0.2, -0.15) is 0 Å². The van der Waals surface area contributed by atoms with E-state index in [1.54, 1.807) is 6.20 Å². The van der Waals surface area contributed by atoms with Crippen molar-refractivity contribution < 1.29 is 9.47 Å². The molecule has 0 bridgehead atoms. The first-order valence-electron chi connectivity index (χ1n) is 7.34. The molecular weight excluding hydrogens is 264 g/mol. The van der Waals surface area contributed by atoms with Crippen LogP contribution in [0.3, 0.4) is 0 Å². The second-order valence-corrected chi connectivity index (χ2v) is 5.39. The first-order chi connectivity index (χ1) is 10.2. The van der Waals surface area contributed by atoms with Gasteiger partial charge in [0.25, 0.3) is 0 Å². The number of pyridine rings is 1. The highest BCUT2D eigenvalue weighted by atomic mass is 16.5. The third-order valence-corrected chi connectivity index (χ3v) is 3.41. The Balaban J connectivity index is 1.85. The van der Waals surface area contributed by atoms with Crippen molar-refractivity contribution in [1.82, 2.24) is 4.98 Å². The van der Waals surface area contributed by atoms with Crippen molar-refractivity contribution in [3.8, 4) is 11.6 Å². The van der Waals surface area contributed by atoms with Gasteiger partial charge in [-0.3, -0.25) is 0 Å². The molecule has 1 unspecified atom stereocenters. The fourth-order valence-corrected chi connectivity index (χ4v) is 2.50. The van der Waals surface area contributed by atoms with E-state index in [1.165, 1.54) is 5.56 Å². The molecule has 1 aromatic carbocycles. The van der Waals surface area contributed by atoms with Gasteiger partial charge in [-0.15, -0.1) is 0 Å². The van der Waals surface area contributed by atoms with E-state index in [-0.39, 0.29) is 12.1 Å². The standard InChI is InChI=1S/C17H20N2O2/c1-12(2)21-17-15(7-5-10-18-17)19-14-9-11-20-16-8-4-3-6-13(14)16/h3-8,10,12,14,19H,9,11H2,1-2H3. The van der Waals surface area contributed by atoms with Crippen LogP contribution in [0, 0.1) is 0 Å². The molecule has 4 heteroatoms. The Hall–Kier alpha value is -2.23. The first-order valence-corrected chi connectivity index (χ1v) is 7.34. The molecule has 1 atom stereocenters. The smallest absolute Gasteiger partial charge is 0.237 e. The molecule has 0 spiro atoms. The maximum atomic E-state index is 5.77. The minimum absolute atomic E-state index is 0.0995. The number of ether oxygens (including phenoxy) is 2. The molecule has 1 aliphatic heterocycles. The van der Waals surface area contributed by atoms with Crippen LogP contribution in [0.15, 0.2) is 42.6 Å². The second kappa shape index (κ2) is 6.04. The number of hydrogen-bond donors (Lipinski definition) is 1. The van der Waals surface area contributed by atoms with Crippen LogP contribution in [0.4, 0.5) is 5.69 Å². The monoisotopic (exact) mass is 284 g/mol. The SMILES string of the molecule is CC(C)Oc1ncccc1NC1CCOc2ccccc21. The van der Waals surface area contributed by atoms with Gasteiger partial charge < -0.3 is 14.8 Å². The summed E-state index contributed by atoms with van der Waals surface area (Å²) in [4.78, 5) is 4.32. The van der Waals surface area contributed by atoms with Crippen molar-refractivity contribution in [1.29, 1.82) is 0 Å². The molecule has 0 saturated heterocycles. The predicted molar refractivity (Wildman–Crippen MR) is 82.9 cm³/mol. The van der Waals surface area contributed by atoms with E-state index in [0.717, 1.165) is 24.5 Å². The summed E-state index contributed by atoms with van der Waals surface area (Å²) in [6.07, 6.45) is 2.77. The zero-order valence-electron chi connectivity index (χ0n) is 12.4. The van der Waals surface area contributed by atoms with Crippen molar-refractivity contribution in [3.63, 3.8) is 0 Å². The number of aromatic nitrogens is 1. The fourth-order valence-electron chi connectivity index (χ4n) is 2.50. The molecule has 0 fully saturated rings. The number of hydrogen-bond acceptors (Lipinski definition) is 4. The van der Waals surface area contributed by atoms with E-state index < -0.39 is 0 Å². The average Bonchev–Trinajstić information content (AvgIpc) is 2.49. The van der Waals surface area contributed by atoms with Crippen LogP contribution in [0.1, 0.15) is 31.9 Å². The summed E-state index contributed by atoms with van der Waals surface area (Å²) in [6, 6.07) is 12.3. The number of anilines is 1. The van der Waals surface area contributed by atoms with Crippen LogP contribution in [-0.4, -0.2) is 17.7 Å². The van der Waals surface area contributed by atoms with Crippen LogP contribution in [0.25, 0.3) is 0 Å². The van der Waals surface area contributed by atoms with Crippen LogP contribution < -0.4 is 14.8 Å². The molecule has 110 valence electrons. The molecular formula is C17H20N2O2. The molecule has 0 radical (unpaired) electrons. The number of benzene rings is 1. The largest absolute Gasteiger partial charge is 0.493 e. The second-order valence-electron chi connectivity index (χ2n) is 5.39. The molecule has 0 amide bonds. The Morgan fingerprint density at radius 2 is 2.10 bits per heavy atom. The summed E-state index contributed by atoms with van der Waals surface area (Å²) >= 11 is 0. The number of rotatable bonds is 4. The summed E-state index contributed by atoms with van der Waals surface area (Å²) in [5.74, 6) is 1.60. The highest BCUT2D eigenvalue weighted by Gasteiger charge is 2.22. The van der Waals surface area contributed by atoms with Crippen molar-refractivity contribution in [2.75, 3.05) is 11.9 Å². The maximum Gasteiger partial charge on any atom is 0.237 e. The van der Waals surface area contributed by atoms with E-state index in [0.29, 0.717) is 5.88 Å². The van der Waals surface area contributed by atoms with Gasteiger partial charge in [0.2, 0.25) is 5.88 Å². The van der Waals surface area contributed by atoms with Gasteiger partial charge >= 0.3 is 0 Å². The zero-order chi connectivity index (χ0) is 14.7. The quantitative estimate of drug-likeness (QED) is 0.927. The van der Waals surface area contributed by atoms with Gasteiger partial charge in [-0.05, 0) is 32.0 Å². The van der Waals surface area contributed by atoms with E-state index in [9.17, 15) is 0 Å². The number of nitrogens with one attached hydrogen (secondary N) is 1. The Labute approximate surface area is 125 Å². The number of para-hydroxylation sites is 1. The lowest BCUT2D eigenvalue weighted by atomic mass is 10.0. The van der Waals surface area contributed by atoms with E-state index in [4.69, 9.17) is 9.47 Å². The topological polar surface area (TPSA) is 43.4 Å². The highest BCUT2D eigenvalue weighted by Crippen LogP contribution is 2.35. The summed E-state index contributed by atoms with van der Waals surface area (Å²) in [7, 11) is 0. The van der Waals surface area contributed by atoms with Crippen LogP contribution >= 0.6 is 0 Å². The van der Waals surface area contributed by atoms with E-state index in [2.05, 4.69) is 16.4 Å². The van der Waals surface area contributed by atoms with Crippen molar-refractivity contribution in [3.05, 3.63) is 48.2 Å². The van der Waals surface area contributed by atoms with Gasteiger partial charge in [0, 0.05) is 18.2 Å². The van der Waals surface area contributed by atoms with E-state index in [1.807, 2.05) is 44.2 Å². The zero-order valence-corrected chi connectivity index (χ0v) is 12.4. The third kappa shape index (κ3) is 3.10. The minimum Gasteiger partial charge on any atom is -0.493 e. The van der Waals surface area contributed by atoms with Gasteiger partial charge in [-0.1, -0.05) is 18.2 Å². The third-order valence-electron chi connectivity index (χ3n) is 3.41. The Bertz CT molecular complexity index is 613. The van der Waals surface area contributed by atoms with Gasteiger partial charge in [0.15, 0.2) is 0 Å². The fraction of sp³-hybridized carbons (Fsp3) is 0.353. The predicted octanol–water partition coefficient (Wildman–Crippen LogP) is 3.80. The van der Waals surface area contributed by atoms with Crippen molar-refractivity contribution in [2.45, 2.75) is 32.4 Å². The number of fused-ring (bicyclic) bond motifs is 1. The normalized spacial score (nSPS) is 17.0. The first kappa shape index (κ1) is 13.7. The molecule has 4 nitrogen and oxygen atoms in total. The van der Waals surface area contributed by atoms with Crippen molar-refractivity contribution in [2.24, 2.45) is 0 Å². The van der Waals surface area contributed by atoms with E-state index >= 15 is 0 Å². The van der Waals surface area contributed by atoms with Crippen molar-refractivity contribution >= 4 is 5.69 Å². The molecule has 1 aromatic heterocycles. The lowest BCUT2D eigenvalue weighted by Gasteiger charge is -2.28. The average molecular weight is 284 g/mol. The molecule has 21 heavy (non-hydrogen) atoms. The Morgan fingerprint density at radius 3 is 2.95 bits per heavy atom. The summed E-state index contributed by atoms with van der Waals surface area (Å²) in [5, 5.41) is 3.54. The highest BCUT2D eigenvalue weighted by molar-refractivity contribution is 5.55. The van der Waals surface area contributed by atoms with Crippen LogP contribution in [-0.2, 0) is 0 Å². The lowest BCUT2D eigenvalue weighted by molar-refractivity contribution is 0.233. The molecule has 1 aliphatic rings. The summed E-state index contributed by atoms with van der Waals surface area (Å²) in [6.45, 7) is 4.72. The molecule has 0 aliphatic carbocycles. The summed E-state index contributed by atoms with van der Waals surface area (Å²) in [5.41, 5.74) is 2.11. The molecule has 0 saturated carbocycles. The van der Waals surface area contributed by atoms with Gasteiger partial charge in [0.05, 0.1) is 24.4 Å². The Morgan fingerprint density at radius 1 is 1.24 bits per heavy atom. The number of nitrogens with zero attached hydrogens (tertiary/aromatic N) is 1.